The summed E-state index contributed by atoms with van der Waals surface area (Å²) in [5.74, 6) is 0.386. The number of rotatable bonds is 6. The molecule has 6 rings (SSSR count). The molecule has 204 valence electrons. The number of hydrogen-bond acceptors (Lipinski definition) is 7. The molecule has 0 radical (unpaired) electrons. The topological polar surface area (TPSA) is 99.2 Å². The van der Waals surface area contributed by atoms with Gasteiger partial charge in [0.2, 0.25) is 5.95 Å². The molecule has 1 N–H and O–H groups in total. The van der Waals surface area contributed by atoms with E-state index in [0.29, 0.717) is 34.3 Å². The summed E-state index contributed by atoms with van der Waals surface area (Å²) in [7, 11) is 0. The standard InChI is InChI=1S/C29H22F3N9/c1-18-5-6-20(10-26(18)38-28-34-9-7-25(37-28)21-4-3-8-33-14-21)27-15-36-39-41(27)24-12-22(29(30,31)32)11-23(13-24)40-16-19(2)35-17-40/h3-17H,1-2H3,(H,34,37,38). The van der Waals surface area contributed by atoms with Gasteiger partial charge < -0.3 is 9.88 Å². The highest BCUT2D eigenvalue weighted by Crippen LogP contribution is 2.34. The summed E-state index contributed by atoms with van der Waals surface area (Å²) in [6, 6.07) is 14.9. The Bertz CT molecular complexity index is 1840. The SMILES string of the molecule is Cc1cn(-c2cc(-n3nncc3-c3ccc(C)c(Nc4nccc(-c5cccnc5)n4)c3)cc(C(F)(F)F)c2)cn1. The summed E-state index contributed by atoms with van der Waals surface area (Å²) < 4.78 is 44.6. The van der Waals surface area contributed by atoms with Crippen LogP contribution in [0.4, 0.5) is 24.8 Å². The van der Waals surface area contributed by atoms with Gasteiger partial charge in [-0.3, -0.25) is 4.98 Å². The maximum atomic E-state index is 13.9. The molecule has 0 saturated carbocycles. The van der Waals surface area contributed by atoms with Crippen molar-refractivity contribution in [2.45, 2.75) is 20.0 Å². The highest BCUT2D eigenvalue weighted by atomic mass is 19.4. The van der Waals surface area contributed by atoms with Gasteiger partial charge >= 0.3 is 6.18 Å². The van der Waals surface area contributed by atoms with Gasteiger partial charge in [-0.1, -0.05) is 17.3 Å². The fourth-order valence-electron chi connectivity index (χ4n) is 4.35. The van der Waals surface area contributed by atoms with Crippen molar-refractivity contribution in [2.24, 2.45) is 0 Å². The molecule has 4 heterocycles. The van der Waals surface area contributed by atoms with Crippen LogP contribution >= 0.6 is 0 Å². The third-order valence-electron chi connectivity index (χ3n) is 6.43. The number of aryl methyl sites for hydroxylation is 2. The minimum atomic E-state index is -4.56. The van der Waals surface area contributed by atoms with E-state index in [2.05, 4.69) is 35.6 Å². The molecule has 9 nitrogen and oxygen atoms in total. The highest BCUT2D eigenvalue weighted by Gasteiger charge is 2.32. The van der Waals surface area contributed by atoms with Crippen LogP contribution in [-0.4, -0.2) is 39.5 Å². The number of benzene rings is 2. The van der Waals surface area contributed by atoms with Crippen molar-refractivity contribution in [2.75, 3.05) is 5.32 Å². The van der Waals surface area contributed by atoms with E-state index in [1.54, 1.807) is 43.8 Å². The summed E-state index contributed by atoms with van der Waals surface area (Å²) in [5, 5.41) is 11.4. The van der Waals surface area contributed by atoms with Crippen LogP contribution in [0.25, 0.3) is 33.9 Å². The summed E-state index contributed by atoms with van der Waals surface area (Å²) in [4.78, 5) is 17.2. The second-order valence-corrected chi connectivity index (χ2v) is 9.35. The fraction of sp³-hybridized carbons (Fsp3) is 0.103. The van der Waals surface area contributed by atoms with Gasteiger partial charge in [0.15, 0.2) is 0 Å². The normalized spacial score (nSPS) is 11.5. The van der Waals surface area contributed by atoms with Gasteiger partial charge in [-0.2, -0.15) is 13.2 Å². The van der Waals surface area contributed by atoms with Crippen LogP contribution in [-0.2, 0) is 6.18 Å². The molecular formula is C29H22F3N9. The number of imidazole rings is 1. The smallest absolute Gasteiger partial charge is 0.324 e. The lowest BCUT2D eigenvalue weighted by Crippen LogP contribution is -2.09. The zero-order valence-electron chi connectivity index (χ0n) is 21.9. The maximum absolute atomic E-state index is 13.9. The second-order valence-electron chi connectivity index (χ2n) is 9.35. The molecule has 2 aromatic carbocycles. The third kappa shape index (κ3) is 5.39. The molecule has 4 aromatic heterocycles. The van der Waals surface area contributed by atoms with Crippen molar-refractivity contribution < 1.29 is 13.2 Å². The van der Waals surface area contributed by atoms with Crippen LogP contribution < -0.4 is 5.32 Å². The van der Waals surface area contributed by atoms with E-state index in [1.165, 1.54) is 21.8 Å². The molecule has 41 heavy (non-hydrogen) atoms. The molecule has 12 heteroatoms. The van der Waals surface area contributed by atoms with Gasteiger partial charge in [0.25, 0.3) is 0 Å². The third-order valence-corrected chi connectivity index (χ3v) is 6.43. The molecule has 0 amide bonds. The van der Waals surface area contributed by atoms with Gasteiger partial charge in [-0.25, -0.2) is 19.6 Å². The summed E-state index contributed by atoms with van der Waals surface area (Å²) in [5.41, 5.74) is 4.76. The Hall–Kier alpha value is -5.39. The maximum Gasteiger partial charge on any atom is 0.416 e. The number of pyridine rings is 1. The second kappa shape index (κ2) is 10.3. The van der Waals surface area contributed by atoms with E-state index in [1.807, 2.05) is 37.3 Å². The Balaban J connectivity index is 1.38. The molecule has 0 unspecified atom stereocenters. The Morgan fingerprint density at radius 2 is 1.71 bits per heavy atom. The number of alkyl halides is 3. The number of nitrogens with one attached hydrogen (secondary N) is 1. The van der Waals surface area contributed by atoms with Crippen LogP contribution in [0.3, 0.4) is 0 Å². The summed E-state index contributed by atoms with van der Waals surface area (Å²) >= 11 is 0. The molecule has 0 saturated heterocycles. The van der Waals surface area contributed by atoms with Crippen molar-refractivity contribution in [3.05, 3.63) is 109 Å². The first kappa shape index (κ1) is 25.9. The van der Waals surface area contributed by atoms with Gasteiger partial charge in [-0.05, 0) is 61.9 Å². The number of anilines is 2. The minimum absolute atomic E-state index is 0.205. The monoisotopic (exact) mass is 553 g/mol. The van der Waals surface area contributed by atoms with Crippen molar-refractivity contribution >= 4 is 11.6 Å². The number of hydrogen-bond donors (Lipinski definition) is 1. The van der Waals surface area contributed by atoms with Gasteiger partial charge in [-0.15, -0.1) is 5.10 Å². The van der Waals surface area contributed by atoms with Crippen LogP contribution in [0.2, 0.25) is 0 Å². The molecule has 0 spiro atoms. The largest absolute Gasteiger partial charge is 0.416 e. The average molecular weight is 554 g/mol. The van der Waals surface area contributed by atoms with E-state index in [-0.39, 0.29) is 5.69 Å². The van der Waals surface area contributed by atoms with Gasteiger partial charge in [0, 0.05) is 47.3 Å². The number of aromatic nitrogens is 8. The Morgan fingerprint density at radius 1 is 0.854 bits per heavy atom. The molecule has 6 aromatic rings. The van der Waals surface area contributed by atoms with E-state index in [9.17, 15) is 13.2 Å². The Kier molecular flexibility index (Phi) is 6.50. The van der Waals surface area contributed by atoms with Gasteiger partial charge in [0.05, 0.1) is 40.9 Å². The Morgan fingerprint density at radius 3 is 2.46 bits per heavy atom. The zero-order chi connectivity index (χ0) is 28.6. The molecule has 0 aliphatic rings. The van der Waals surface area contributed by atoms with Crippen molar-refractivity contribution in [3.8, 4) is 33.9 Å². The number of nitrogens with zero attached hydrogens (tertiary/aromatic N) is 8. The summed E-state index contributed by atoms with van der Waals surface area (Å²) in [6.45, 7) is 3.70. The van der Waals surface area contributed by atoms with Gasteiger partial charge in [0.1, 0.15) is 0 Å². The molecule has 0 aliphatic carbocycles. The lowest BCUT2D eigenvalue weighted by atomic mass is 10.1. The van der Waals surface area contributed by atoms with E-state index in [0.717, 1.165) is 28.9 Å². The van der Waals surface area contributed by atoms with Crippen LogP contribution in [0.5, 0.6) is 0 Å². The fourth-order valence-corrected chi connectivity index (χ4v) is 4.35. The van der Waals surface area contributed by atoms with Crippen molar-refractivity contribution in [1.29, 1.82) is 0 Å². The first-order chi connectivity index (χ1) is 19.7. The predicted octanol–water partition coefficient (Wildman–Crippen LogP) is 6.35. The molecule has 0 atom stereocenters. The lowest BCUT2D eigenvalue weighted by molar-refractivity contribution is -0.137. The number of halogens is 3. The van der Waals surface area contributed by atoms with E-state index in [4.69, 9.17) is 0 Å². The summed E-state index contributed by atoms with van der Waals surface area (Å²) in [6.07, 6.45) is 5.14. The molecule has 0 fully saturated rings. The van der Waals surface area contributed by atoms with Crippen molar-refractivity contribution in [3.63, 3.8) is 0 Å². The first-order valence-electron chi connectivity index (χ1n) is 12.5. The zero-order valence-corrected chi connectivity index (χ0v) is 21.9. The van der Waals surface area contributed by atoms with Crippen LogP contribution in [0.1, 0.15) is 16.8 Å². The molecule has 0 aliphatic heterocycles. The van der Waals surface area contributed by atoms with E-state index < -0.39 is 11.7 Å². The highest BCUT2D eigenvalue weighted by molar-refractivity contribution is 5.71. The quantitative estimate of drug-likeness (QED) is 0.257. The van der Waals surface area contributed by atoms with E-state index >= 15 is 0 Å². The molecular weight excluding hydrogens is 531 g/mol. The van der Waals surface area contributed by atoms with Crippen LogP contribution in [0, 0.1) is 13.8 Å². The lowest BCUT2D eigenvalue weighted by Gasteiger charge is -2.15. The first-order valence-corrected chi connectivity index (χ1v) is 12.5. The Labute approximate surface area is 232 Å². The minimum Gasteiger partial charge on any atom is -0.324 e. The average Bonchev–Trinajstić information content (AvgIpc) is 3.64. The van der Waals surface area contributed by atoms with Crippen LogP contribution in [0.15, 0.2) is 91.9 Å². The molecule has 0 bridgehead atoms. The van der Waals surface area contributed by atoms with Crippen molar-refractivity contribution in [1.82, 2.24) is 39.5 Å². The predicted molar refractivity (Wildman–Crippen MR) is 147 cm³/mol.